The average Bonchev–Trinajstić information content (AvgIpc) is 3.22. The number of hydrogen-bond acceptors (Lipinski definition) is 4. The van der Waals surface area contributed by atoms with Crippen molar-refractivity contribution < 1.29 is 13.2 Å². The van der Waals surface area contributed by atoms with Gasteiger partial charge in [0, 0.05) is 19.1 Å². The number of nitrogens with one attached hydrogen (secondary N) is 2. The summed E-state index contributed by atoms with van der Waals surface area (Å²) < 4.78 is 24.7. The minimum atomic E-state index is -3.15. The lowest BCUT2D eigenvalue weighted by atomic mass is 9.99. The van der Waals surface area contributed by atoms with Gasteiger partial charge >= 0.3 is 0 Å². The van der Waals surface area contributed by atoms with E-state index in [1.165, 1.54) is 19.1 Å². The zero-order valence-corrected chi connectivity index (χ0v) is 14.8. The molecule has 1 atom stereocenters. The molecule has 0 aromatic carbocycles. The molecule has 0 bridgehead atoms. The molecule has 0 aromatic heterocycles. The summed E-state index contributed by atoms with van der Waals surface area (Å²) in [5.41, 5.74) is 0. The normalized spacial score (nSPS) is 22.2. The van der Waals surface area contributed by atoms with E-state index in [9.17, 15) is 13.2 Å². The maximum Gasteiger partial charge on any atom is 0.236 e. The van der Waals surface area contributed by atoms with E-state index in [4.69, 9.17) is 0 Å². The zero-order chi connectivity index (χ0) is 15.3. The summed E-state index contributed by atoms with van der Waals surface area (Å²) in [6.45, 7) is 2.56. The number of amides is 1. The number of carbonyl (C=O) groups excluding carboxylic acids is 1. The van der Waals surface area contributed by atoms with Crippen molar-refractivity contribution in [1.82, 2.24) is 14.9 Å². The van der Waals surface area contributed by atoms with Crippen LogP contribution in [0.2, 0.25) is 0 Å². The van der Waals surface area contributed by atoms with Gasteiger partial charge in [0.15, 0.2) is 0 Å². The molecular weight excluding hydrogens is 326 g/mol. The Morgan fingerprint density at radius 3 is 2.59 bits per heavy atom. The van der Waals surface area contributed by atoms with Crippen molar-refractivity contribution in [2.75, 3.05) is 32.4 Å². The molecule has 1 heterocycles. The third-order valence-corrected chi connectivity index (χ3v) is 4.92. The lowest BCUT2D eigenvalue weighted by molar-refractivity contribution is -0.134. The Hall–Kier alpha value is -0.370. The number of hydrogen-bond donors (Lipinski definition) is 2. The highest BCUT2D eigenvalue weighted by Gasteiger charge is 2.27. The molecule has 1 aliphatic carbocycles. The Labute approximate surface area is 139 Å². The molecule has 22 heavy (non-hydrogen) atoms. The van der Waals surface area contributed by atoms with Crippen molar-refractivity contribution in [2.24, 2.45) is 5.92 Å². The molecule has 1 unspecified atom stereocenters. The fraction of sp³-hybridized carbons (Fsp3) is 0.929. The Kier molecular flexibility index (Phi) is 8.10. The standard InChI is InChI=1S/C14H27N3O3S.ClH/c1-21(19,20)16-8-7-13-4-2-3-9-17(13)14(18)11-15-10-12-5-6-12;/h12-13,15-16H,2-11H2,1H3;1H. The Morgan fingerprint density at radius 2 is 1.95 bits per heavy atom. The third-order valence-electron chi connectivity index (χ3n) is 4.20. The van der Waals surface area contributed by atoms with Gasteiger partial charge in [-0.05, 0) is 51.0 Å². The van der Waals surface area contributed by atoms with Gasteiger partial charge in [-0.1, -0.05) is 0 Å². The number of nitrogens with zero attached hydrogens (tertiary/aromatic N) is 1. The van der Waals surface area contributed by atoms with Crippen molar-refractivity contribution in [1.29, 1.82) is 0 Å². The molecule has 130 valence electrons. The van der Waals surface area contributed by atoms with Gasteiger partial charge in [0.1, 0.15) is 0 Å². The minimum absolute atomic E-state index is 0. The third kappa shape index (κ3) is 7.26. The van der Waals surface area contributed by atoms with E-state index in [-0.39, 0.29) is 24.4 Å². The van der Waals surface area contributed by atoms with Crippen molar-refractivity contribution in [3.8, 4) is 0 Å². The molecule has 1 saturated carbocycles. The molecular formula is C14H28ClN3O3S. The van der Waals surface area contributed by atoms with Gasteiger partial charge in [0.25, 0.3) is 0 Å². The largest absolute Gasteiger partial charge is 0.339 e. The van der Waals surface area contributed by atoms with Gasteiger partial charge in [-0.2, -0.15) is 0 Å². The first-order valence-electron chi connectivity index (χ1n) is 7.90. The van der Waals surface area contributed by atoms with Crippen molar-refractivity contribution in [3.63, 3.8) is 0 Å². The van der Waals surface area contributed by atoms with Crippen LogP contribution in [0.15, 0.2) is 0 Å². The van der Waals surface area contributed by atoms with Crippen LogP contribution in [0, 0.1) is 5.92 Å². The van der Waals surface area contributed by atoms with Crippen LogP contribution in [0.3, 0.4) is 0 Å². The maximum atomic E-state index is 12.3. The van der Waals surface area contributed by atoms with E-state index in [1.807, 2.05) is 4.90 Å². The lowest BCUT2D eigenvalue weighted by Crippen LogP contribution is -2.48. The fourth-order valence-electron chi connectivity index (χ4n) is 2.85. The Morgan fingerprint density at radius 1 is 1.23 bits per heavy atom. The summed E-state index contributed by atoms with van der Waals surface area (Å²) in [5.74, 6) is 0.925. The van der Waals surface area contributed by atoms with E-state index >= 15 is 0 Å². The predicted octanol–water partition coefficient (Wildman–Crippen LogP) is 0.728. The molecule has 0 radical (unpaired) electrons. The van der Waals surface area contributed by atoms with Gasteiger partial charge in [-0.25, -0.2) is 13.1 Å². The van der Waals surface area contributed by atoms with Crippen LogP contribution in [0.5, 0.6) is 0 Å². The second-order valence-electron chi connectivity index (χ2n) is 6.27. The summed E-state index contributed by atoms with van der Waals surface area (Å²) in [6.07, 6.45) is 7.56. The van der Waals surface area contributed by atoms with E-state index in [2.05, 4.69) is 10.0 Å². The van der Waals surface area contributed by atoms with E-state index in [0.29, 0.717) is 19.5 Å². The number of sulfonamides is 1. The second kappa shape index (κ2) is 9.05. The van der Waals surface area contributed by atoms with Gasteiger partial charge in [-0.3, -0.25) is 4.79 Å². The van der Waals surface area contributed by atoms with Crippen LogP contribution in [0.25, 0.3) is 0 Å². The topological polar surface area (TPSA) is 78.5 Å². The molecule has 0 aromatic rings. The van der Waals surface area contributed by atoms with Crippen LogP contribution in [0.1, 0.15) is 38.5 Å². The van der Waals surface area contributed by atoms with Gasteiger partial charge < -0.3 is 10.2 Å². The Bertz CT molecular complexity index is 454. The quantitative estimate of drug-likeness (QED) is 0.674. The predicted molar refractivity (Wildman–Crippen MR) is 89.7 cm³/mol. The average molecular weight is 354 g/mol. The summed E-state index contributed by atoms with van der Waals surface area (Å²) in [5, 5.41) is 3.24. The van der Waals surface area contributed by atoms with E-state index < -0.39 is 10.0 Å². The molecule has 1 amide bonds. The summed E-state index contributed by atoms with van der Waals surface area (Å²) in [6, 6.07) is 0.170. The number of halogens is 1. The summed E-state index contributed by atoms with van der Waals surface area (Å²) in [4.78, 5) is 14.2. The number of likely N-dealkylation sites (tertiary alicyclic amines) is 1. The summed E-state index contributed by atoms with van der Waals surface area (Å²) in [7, 11) is -3.15. The first-order valence-corrected chi connectivity index (χ1v) is 9.79. The van der Waals surface area contributed by atoms with Gasteiger partial charge in [-0.15, -0.1) is 12.4 Å². The molecule has 1 saturated heterocycles. The van der Waals surface area contributed by atoms with Crippen LogP contribution < -0.4 is 10.0 Å². The van der Waals surface area contributed by atoms with Crippen molar-refractivity contribution in [2.45, 2.75) is 44.6 Å². The van der Waals surface area contributed by atoms with E-state index in [0.717, 1.165) is 38.3 Å². The molecule has 2 aliphatic rings. The summed E-state index contributed by atoms with van der Waals surface area (Å²) >= 11 is 0. The first kappa shape index (κ1) is 19.7. The van der Waals surface area contributed by atoms with Crippen molar-refractivity contribution in [3.05, 3.63) is 0 Å². The Balaban J connectivity index is 0.00000242. The highest BCUT2D eigenvalue weighted by Crippen LogP contribution is 2.27. The highest BCUT2D eigenvalue weighted by atomic mass is 35.5. The highest BCUT2D eigenvalue weighted by molar-refractivity contribution is 7.88. The van der Waals surface area contributed by atoms with Gasteiger partial charge in [0.2, 0.25) is 15.9 Å². The molecule has 2 rings (SSSR count). The molecule has 2 N–H and O–H groups in total. The van der Waals surface area contributed by atoms with Crippen LogP contribution in [0.4, 0.5) is 0 Å². The maximum absolute atomic E-state index is 12.3. The lowest BCUT2D eigenvalue weighted by Gasteiger charge is -2.36. The molecule has 6 nitrogen and oxygen atoms in total. The zero-order valence-electron chi connectivity index (χ0n) is 13.2. The van der Waals surface area contributed by atoms with Crippen LogP contribution in [-0.4, -0.2) is 57.7 Å². The number of carbonyl (C=O) groups is 1. The molecule has 1 aliphatic heterocycles. The van der Waals surface area contributed by atoms with E-state index in [1.54, 1.807) is 0 Å². The monoisotopic (exact) mass is 353 g/mol. The van der Waals surface area contributed by atoms with Crippen molar-refractivity contribution >= 4 is 28.3 Å². The van der Waals surface area contributed by atoms with Crippen LogP contribution in [-0.2, 0) is 14.8 Å². The molecule has 2 fully saturated rings. The number of rotatable bonds is 8. The number of piperidine rings is 1. The smallest absolute Gasteiger partial charge is 0.236 e. The van der Waals surface area contributed by atoms with Gasteiger partial charge in [0.05, 0.1) is 12.8 Å². The van der Waals surface area contributed by atoms with Crippen LogP contribution >= 0.6 is 12.4 Å². The second-order valence-corrected chi connectivity index (χ2v) is 8.10. The fourth-order valence-corrected chi connectivity index (χ4v) is 3.34. The first-order chi connectivity index (χ1) is 9.96. The minimum Gasteiger partial charge on any atom is -0.339 e. The molecule has 0 spiro atoms. The SMILES string of the molecule is CS(=O)(=O)NCCC1CCCCN1C(=O)CNCC1CC1.Cl. The molecule has 8 heteroatoms.